The van der Waals surface area contributed by atoms with Crippen LogP contribution in [-0.2, 0) is 0 Å². The molecule has 0 fully saturated rings. The van der Waals surface area contributed by atoms with E-state index >= 15 is 0 Å². The van der Waals surface area contributed by atoms with E-state index in [-0.39, 0.29) is 11.0 Å². The zero-order chi connectivity index (χ0) is 25.7. The Bertz CT molecular complexity index is 1460. The zero-order valence-corrected chi connectivity index (χ0v) is 23.0. The lowest BCUT2D eigenvalue weighted by atomic mass is 10.2. The number of H-pyrrole nitrogens is 1. The van der Waals surface area contributed by atoms with Crippen LogP contribution >= 0.6 is 32.6 Å². The summed E-state index contributed by atoms with van der Waals surface area (Å²) in [6.07, 6.45) is 10.4. The van der Waals surface area contributed by atoms with Gasteiger partial charge in [0.2, 0.25) is 0 Å². The molecule has 4 rings (SSSR count). The number of thioether (sulfide) groups is 1. The van der Waals surface area contributed by atoms with Crippen LogP contribution in [0.4, 0.5) is 4.39 Å². The van der Waals surface area contributed by atoms with Crippen molar-refractivity contribution in [2.24, 2.45) is 0 Å². The molecule has 1 heterocycles. The molecule has 0 saturated heterocycles. The molecule has 2 unspecified atom stereocenters. The van der Waals surface area contributed by atoms with Crippen molar-refractivity contribution in [3.8, 4) is 22.9 Å². The lowest BCUT2D eigenvalue weighted by molar-refractivity contribution is 0.434. The van der Waals surface area contributed by atoms with Gasteiger partial charge in [-0.15, -0.1) is 21.0 Å². The molecule has 1 aromatic heterocycles. The van der Waals surface area contributed by atoms with Crippen molar-refractivity contribution in [3.05, 3.63) is 101 Å². The molecule has 0 spiro atoms. The summed E-state index contributed by atoms with van der Waals surface area (Å²) < 4.78 is 20.8. The van der Waals surface area contributed by atoms with Gasteiger partial charge in [0.1, 0.15) is 11.6 Å². The van der Waals surface area contributed by atoms with Gasteiger partial charge in [0, 0.05) is 21.9 Å². The molecule has 184 valence electrons. The summed E-state index contributed by atoms with van der Waals surface area (Å²) >= 11 is 7.67. The van der Waals surface area contributed by atoms with Crippen molar-refractivity contribution in [2.45, 2.75) is 30.9 Å². The smallest absolute Gasteiger partial charge is 0.166 e. The molecule has 36 heavy (non-hydrogen) atoms. The molecule has 2 atom stereocenters. The van der Waals surface area contributed by atoms with Gasteiger partial charge in [-0.1, -0.05) is 53.6 Å². The Balaban J connectivity index is 1.77. The average Bonchev–Trinajstić information content (AvgIpc) is 3.24. The third kappa shape index (κ3) is 6.67. The lowest BCUT2D eigenvalue weighted by Crippen LogP contribution is -1.98. The van der Waals surface area contributed by atoms with Crippen molar-refractivity contribution in [3.63, 3.8) is 0 Å². The third-order valence-electron chi connectivity index (χ3n) is 5.22. The Kier molecular flexibility index (Phi) is 8.68. The number of aromatic amines is 1. The molecule has 0 radical (unpaired) electrons. The average molecular weight is 537 g/mol. The van der Waals surface area contributed by atoms with Gasteiger partial charge in [0.05, 0.1) is 15.9 Å². The van der Waals surface area contributed by atoms with Crippen LogP contribution in [0.5, 0.6) is 11.5 Å². The number of halogens is 2. The first kappa shape index (κ1) is 26.2. The number of aromatic nitrogens is 2. The number of allylic oxidation sites excluding steroid dienone is 4. The van der Waals surface area contributed by atoms with Crippen molar-refractivity contribution in [1.82, 2.24) is 9.97 Å². The Morgan fingerprint density at radius 2 is 1.86 bits per heavy atom. The van der Waals surface area contributed by atoms with E-state index in [0.717, 1.165) is 32.6 Å². The van der Waals surface area contributed by atoms with Crippen molar-refractivity contribution < 1.29 is 9.13 Å². The Morgan fingerprint density at radius 1 is 1.08 bits per heavy atom. The van der Waals surface area contributed by atoms with Gasteiger partial charge in [-0.3, -0.25) is 0 Å². The van der Waals surface area contributed by atoms with Crippen LogP contribution in [0, 0.1) is 5.82 Å². The summed E-state index contributed by atoms with van der Waals surface area (Å²) in [6.45, 7) is 6.12. The first-order valence-corrected chi connectivity index (χ1v) is 13.3. The van der Waals surface area contributed by atoms with Crippen LogP contribution in [0.25, 0.3) is 22.4 Å². The first-order chi connectivity index (χ1) is 17.3. The topological polar surface area (TPSA) is 37.9 Å². The van der Waals surface area contributed by atoms with Gasteiger partial charge in [-0.05, 0) is 68.5 Å². The third-order valence-corrected chi connectivity index (χ3v) is 6.99. The maximum atomic E-state index is 14.7. The van der Waals surface area contributed by atoms with Crippen molar-refractivity contribution in [1.29, 1.82) is 0 Å². The number of rotatable bonds is 8. The van der Waals surface area contributed by atoms with E-state index in [4.69, 9.17) is 21.3 Å². The Morgan fingerprint density at radius 3 is 2.56 bits per heavy atom. The molecule has 4 aromatic rings. The zero-order valence-electron chi connectivity index (χ0n) is 20.3. The number of nitrogens with zero attached hydrogens (tertiary/aromatic N) is 1. The highest BCUT2D eigenvalue weighted by Crippen LogP contribution is 2.39. The SMILES string of the molecule is C/C=C\C(C=CC=C(C)C)Sc1cc2nc(-c3ccc(Cl)cc3)[nH]c2cc1Oc1ccc(P)cc1F. The highest BCUT2D eigenvalue weighted by atomic mass is 35.5. The molecule has 0 aliphatic heterocycles. The number of benzene rings is 3. The van der Waals surface area contributed by atoms with Gasteiger partial charge in [0.25, 0.3) is 0 Å². The summed E-state index contributed by atoms with van der Waals surface area (Å²) in [4.78, 5) is 9.01. The fourth-order valence-corrected chi connectivity index (χ4v) is 4.95. The largest absolute Gasteiger partial charge is 0.453 e. The van der Waals surface area contributed by atoms with Crippen LogP contribution < -0.4 is 10.0 Å². The van der Waals surface area contributed by atoms with Crippen LogP contribution in [0.2, 0.25) is 5.02 Å². The quantitative estimate of drug-likeness (QED) is 0.106. The van der Waals surface area contributed by atoms with Crippen molar-refractivity contribution >= 4 is 48.9 Å². The maximum absolute atomic E-state index is 14.7. The molecule has 0 aliphatic carbocycles. The summed E-state index contributed by atoms with van der Waals surface area (Å²) in [7, 11) is 2.50. The van der Waals surface area contributed by atoms with Gasteiger partial charge >= 0.3 is 0 Å². The number of fused-ring (bicyclic) bond motifs is 1. The van der Waals surface area contributed by atoms with Gasteiger partial charge in [-0.2, -0.15) is 0 Å². The predicted molar refractivity (Wildman–Crippen MR) is 155 cm³/mol. The number of imidazole rings is 1. The van der Waals surface area contributed by atoms with Crippen molar-refractivity contribution in [2.75, 3.05) is 0 Å². The van der Waals surface area contributed by atoms with Crippen LogP contribution in [0.1, 0.15) is 20.8 Å². The molecular weight excluding hydrogens is 510 g/mol. The molecule has 7 heteroatoms. The number of ether oxygens (including phenoxy) is 1. The highest BCUT2D eigenvalue weighted by molar-refractivity contribution is 8.00. The standard InChI is InChI=1S/C29H27ClFN2OPS/c1-4-6-22(8-5-7-18(2)3)36-28-17-25-24(32-29(33-25)19-9-11-20(30)12-10-19)16-27(28)34-26-14-13-21(35)15-23(26)31/h4-17,22H,35H2,1-3H3,(H,32,33)/b6-4-,8-5?. The monoisotopic (exact) mass is 536 g/mol. The first-order valence-electron chi connectivity index (χ1n) is 11.5. The minimum absolute atomic E-state index is 0.0549. The molecule has 0 aliphatic rings. The molecule has 0 bridgehead atoms. The fourth-order valence-electron chi connectivity index (χ4n) is 3.49. The highest BCUT2D eigenvalue weighted by Gasteiger charge is 2.16. The van der Waals surface area contributed by atoms with E-state index in [9.17, 15) is 4.39 Å². The van der Waals surface area contributed by atoms with E-state index in [1.807, 2.05) is 49.4 Å². The minimum atomic E-state index is -0.418. The van der Waals surface area contributed by atoms with Crippen LogP contribution in [0.3, 0.4) is 0 Å². The summed E-state index contributed by atoms with van der Waals surface area (Å²) in [5.74, 6) is 1.03. The lowest BCUT2D eigenvalue weighted by Gasteiger charge is -2.14. The normalized spacial score (nSPS) is 12.5. The summed E-state index contributed by atoms with van der Waals surface area (Å²) in [6, 6.07) is 16.2. The van der Waals surface area contributed by atoms with E-state index < -0.39 is 5.82 Å². The van der Waals surface area contributed by atoms with E-state index in [0.29, 0.717) is 10.8 Å². The second-order valence-corrected chi connectivity index (χ2v) is 10.8. The van der Waals surface area contributed by atoms with Gasteiger partial charge in [0.15, 0.2) is 11.6 Å². The number of nitrogens with one attached hydrogen (secondary N) is 1. The second-order valence-electron chi connectivity index (χ2n) is 8.44. The summed E-state index contributed by atoms with van der Waals surface area (Å²) in [5.41, 5.74) is 3.74. The van der Waals surface area contributed by atoms with Gasteiger partial charge < -0.3 is 9.72 Å². The number of hydrogen-bond donors (Lipinski definition) is 1. The maximum Gasteiger partial charge on any atom is 0.166 e. The summed E-state index contributed by atoms with van der Waals surface area (Å²) in [5, 5.41) is 1.47. The number of hydrogen-bond acceptors (Lipinski definition) is 3. The van der Waals surface area contributed by atoms with E-state index in [1.165, 1.54) is 11.6 Å². The van der Waals surface area contributed by atoms with Crippen LogP contribution in [-0.4, -0.2) is 15.2 Å². The molecular formula is C29H27ClFN2OPS. The molecule has 1 N–H and O–H groups in total. The fraction of sp³-hybridized carbons (Fsp3) is 0.138. The molecule has 3 aromatic carbocycles. The Labute approximate surface area is 222 Å². The van der Waals surface area contributed by atoms with E-state index in [2.05, 4.69) is 52.4 Å². The van der Waals surface area contributed by atoms with E-state index in [1.54, 1.807) is 23.9 Å². The second kappa shape index (κ2) is 11.9. The predicted octanol–water partition coefficient (Wildman–Crippen LogP) is 8.87. The Hall–Kier alpha value is -2.85. The molecule has 0 amide bonds. The van der Waals surface area contributed by atoms with Crippen LogP contribution in [0.15, 0.2) is 95.4 Å². The molecule has 3 nitrogen and oxygen atoms in total. The molecule has 0 saturated carbocycles. The minimum Gasteiger partial charge on any atom is -0.453 e. The van der Waals surface area contributed by atoms with Gasteiger partial charge in [-0.25, -0.2) is 9.37 Å².